The fourth-order valence-corrected chi connectivity index (χ4v) is 4.46. The summed E-state index contributed by atoms with van der Waals surface area (Å²) in [6, 6.07) is 18.9. The molecule has 2 aliphatic heterocycles. The number of anilines is 1. The molecule has 1 N–H and O–H groups in total. The summed E-state index contributed by atoms with van der Waals surface area (Å²) < 4.78 is 13.3. The van der Waals surface area contributed by atoms with Crippen molar-refractivity contribution in [1.29, 1.82) is 0 Å². The smallest absolute Gasteiger partial charge is 0.337 e. The predicted molar refractivity (Wildman–Crippen MR) is 121 cm³/mol. The minimum Gasteiger partial charge on any atom is -0.480 e. The highest BCUT2D eigenvalue weighted by Gasteiger charge is 2.40. The highest BCUT2D eigenvalue weighted by Crippen LogP contribution is 2.50. The minimum absolute atomic E-state index is 0.272. The Labute approximate surface area is 189 Å². The lowest BCUT2D eigenvalue weighted by atomic mass is 9.85. The Morgan fingerprint density at radius 1 is 1.06 bits per heavy atom. The van der Waals surface area contributed by atoms with E-state index in [0.29, 0.717) is 11.5 Å². The zero-order valence-corrected chi connectivity index (χ0v) is 17.7. The third-order valence-corrected chi connectivity index (χ3v) is 5.96. The number of hydrogen-bond donors (Lipinski definition) is 1. The maximum absolute atomic E-state index is 11.9. The van der Waals surface area contributed by atoms with E-state index in [1.165, 1.54) is 13.4 Å². The van der Waals surface area contributed by atoms with Gasteiger partial charge in [-0.05, 0) is 41.5 Å². The molecule has 0 bridgehead atoms. The van der Waals surface area contributed by atoms with Crippen molar-refractivity contribution in [3.8, 4) is 5.75 Å². The summed E-state index contributed by atoms with van der Waals surface area (Å²) in [6.45, 7) is 0. The largest absolute Gasteiger partial charge is 0.480 e. The van der Waals surface area contributed by atoms with Crippen LogP contribution in [0.15, 0.2) is 85.0 Å². The van der Waals surface area contributed by atoms with Crippen molar-refractivity contribution in [2.45, 2.75) is 12.1 Å². The lowest BCUT2D eigenvalue weighted by Gasteiger charge is -2.38. The minimum atomic E-state index is -0.420. The van der Waals surface area contributed by atoms with Gasteiger partial charge in [-0.2, -0.15) is 10.1 Å². The molecule has 33 heavy (non-hydrogen) atoms. The first-order valence-corrected chi connectivity index (χ1v) is 10.5. The Bertz CT molecular complexity index is 1380. The van der Waals surface area contributed by atoms with Gasteiger partial charge in [-0.1, -0.05) is 30.3 Å². The first-order chi connectivity index (χ1) is 16.2. The molecule has 8 heteroatoms. The Balaban J connectivity index is 1.56. The van der Waals surface area contributed by atoms with Gasteiger partial charge in [0, 0.05) is 23.5 Å². The van der Waals surface area contributed by atoms with Crippen molar-refractivity contribution in [2.24, 2.45) is 0 Å². The van der Waals surface area contributed by atoms with Gasteiger partial charge in [0.15, 0.2) is 0 Å². The molecule has 4 heterocycles. The normalized spacial score (nSPS) is 18.3. The number of methoxy groups -OCH3 is 1. The van der Waals surface area contributed by atoms with Crippen LogP contribution in [0, 0.1) is 0 Å². The molecule has 2 atom stereocenters. The van der Waals surface area contributed by atoms with Crippen molar-refractivity contribution in [1.82, 2.24) is 19.7 Å². The fraction of sp³-hybridized carbons (Fsp3) is 0.120. The molecular weight excluding hydrogens is 418 g/mol. The molecule has 0 amide bonds. The highest BCUT2D eigenvalue weighted by atomic mass is 16.5. The number of para-hydroxylation sites is 1. The molecule has 0 fully saturated rings. The monoisotopic (exact) mass is 437 g/mol. The fourth-order valence-electron chi connectivity index (χ4n) is 4.46. The summed E-state index contributed by atoms with van der Waals surface area (Å²) in [5.74, 6) is 1.04. The molecule has 4 aromatic rings. The topological polar surface area (TPSA) is 91.2 Å². The van der Waals surface area contributed by atoms with E-state index in [1.807, 2.05) is 59.4 Å². The second-order valence-electron chi connectivity index (χ2n) is 7.78. The van der Waals surface area contributed by atoms with Crippen molar-refractivity contribution < 1.29 is 14.3 Å². The third kappa shape index (κ3) is 3.07. The zero-order valence-electron chi connectivity index (χ0n) is 17.7. The van der Waals surface area contributed by atoms with Crippen molar-refractivity contribution >= 4 is 17.6 Å². The number of esters is 1. The molecule has 0 unspecified atom stereocenters. The molecule has 0 spiro atoms. The van der Waals surface area contributed by atoms with Gasteiger partial charge in [0.25, 0.3) is 0 Å². The quantitative estimate of drug-likeness (QED) is 0.484. The van der Waals surface area contributed by atoms with E-state index < -0.39 is 6.10 Å². The average molecular weight is 437 g/mol. The lowest BCUT2D eigenvalue weighted by molar-refractivity contribution is 0.0600. The molecule has 0 saturated carbocycles. The van der Waals surface area contributed by atoms with Gasteiger partial charge in [-0.15, -0.1) is 0 Å². The van der Waals surface area contributed by atoms with Crippen LogP contribution in [-0.4, -0.2) is 32.8 Å². The van der Waals surface area contributed by atoms with E-state index in [9.17, 15) is 4.79 Å². The summed E-state index contributed by atoms with van der Waals surface area (Å²) in [7, 11) is 1.37. The summed E-state index contributed by atoms with van der Waals surface area (Å²) in [4.78, 5) is 20.7. The number of nitrogens with zero attached hydrogens (tertiary/aromatic N) is 4. The number of carbonyl (C=O) groups excluding carboxylic acids is 1. The van der Waals surface area contributed by atoms with E-state index in [4.69, 9.17) is 9.47 Å². The molecule has 2 aromatic carbocycles. The number of aromatic nitrogens is 4. The number of hydrogen-bond acceptors (Lipinski definition) is 7. The number of fused-ring (bicyclic) bond motifs is 3. The van der Waals surface area contributed by atoms with Gasteiger partial charge in [0.2, 0.25) is 5.95 Å². The lowest BCUT2D eigenvalue weighted by Crippen LogP contribution is -2.32. The van der Waals surface area contributed by atoms with E-state index in [2.05, 4.69) is 20.4 Å². The Kier molecular flexibility index (Phi) is 4.43. The van der Waals surface area contributed by atoms with Crippen LogP contribution in [0.5, 0.6) is 5.75 Å². The van der Waals surface area contributed by atoms with E-state index in [1.54, 1.807) is 18.3 Å². The van der Waals surface area contributed by atoms with Crippen LogP contribution in [0.2, 0.25) is 0 Å². The Morgan fingerprint density at radius 2 is 1.91 bits per heavy atom. The van der Waals surface area contributed by atoms with Crippen LogP contribution in [0.4, 0.5) is 5.95 Å². The van der Waals surface area contributed by atoms with Crippen molar-refractivity contribution in [3.63, 3.8) is 0 Å². The van der Waals surface area contributed by atoms with E-state index in [-0.39, 0.29) is 12.0 Å². The summed E-state index contributed by atoms with van der Waals surface area (Å²) in [5, 5.41) is 7.97. The van der Waals surface area contributed by atoms with E-state index >= 15 is 0 Å². The SMILES string of the molecule is COC(=O)c1ccc([C@@H]2Oc3ccccc3C3=C2[C@@H](c2cccnc2)n2ncnc2N3)cc1. The summed E-state index contributed by atoms with van der Waals surface area (Å²) in [5.41, 5.74) is 5.24. The van der Waals surface area contributed by atoms with Crippen LogP contribution in [0.1, 0.15) is 39.2 Å². The molecule has 8 nitrogen and oxygen atoms in total. The molecule has 0 saturated heterocycles. The molecule has 0 aliphatic carbocycles. The maximum Gasteiger partial charge on any atom is 0.337 e. The summed E-state index contributed by atoms with van der Waals surface area (Å²) in [6.07, 6.45) is 4.70. The number of carbonyl (C=O) groups is 1. The van der Waals surface area contributed by atoms with Crippen molar-refractivity contribution in [3.05, 3.63) is 107 Å². The van der Waals surface area contributed by atoms with Gasteiger partial charge in [-0.25, -0.2) is 9.48 Å². The van der Waals surface area contributed by atoms with Gasteiger partial charge in [-0.3, -0.25) is 4.98 Å². The molecular formula is C25H19N5O3. The van der Waals surface area contributed by atoms with Crippen LogP contribution in [-0.2, 0) is 4.74 Å². The Morgan fingerprint density at radius 3 is 2.70 bits per heavy atom. The van der Waals surface area contributed by atoms with Gasteiger partial charge < -0.3 is 14.8 Å². The van der Waals surface area contributed by atoms with Crippen LogP contribution < -0.4 is 10.1 Å². The number of pyridine rings is 1. The van der Waals surface area contributed by atoms with E-state index in [0.717, 1.165) is 33.7 Å². The summed E-state index contributed by atoms with van der Waals surface area (Å²) >= 11 is 0. The average Bonchev–Trinajstić information content (AvgIpc) is 3.35. The second kappa shape index (κ2) is 7.59. The van der Waals surface area contributed by atoms with Crippen LogP contribution in [0.3, 0.4) is 0 Å². The zero-order chi connectivity index (χ0) is 22.4. The number of nitrogens with one attached hydrogen (secondary N) is 1. The molecule has 2 aliphatic rings. The molecule has 2 aromatic heterocycles. The first-order valence-electron chi connectivity index (χ1n) is 10.5. The van der Waals surface area contributed by atoms with Crippen LogP contribution >= 0.6 is 0 Å². The van der Waals surface area contributed by atoms with Gasteiger partial charge in [0.05, 0.1) is 18.4 Å². The number of benzene rings is 2. The molecule has 0 radical (unpaired) electrons. The standard InChI is InChI=1S/C25H19N5O3/c1-32-24(31)16-10-8-15(9-11-16)23-20-21(18-6-2-3-7-19(18)33-23)29-25-27-14-28-30(25)22(20)17-5-4-12-26-13-17/h2-14,22-23H,1H3,(H,27,28,29)/t22-,23+/m1/s1. The van der Waals surface area contributed by atoms with Gasteiger partial charge >= 0.3 is 5.97 Å². The number of rotatable bonds is 3. The Hall–Kier alpha value is -4.46. The predicted octanol–water partition coefficient (Wildman–Crippen LogP) is 4.02. The molecule has 162 valence electrons. The number of ether oxygens (including phenoxy) is 2. The van der Waals surface area contributed by atoms with Gasteiger partial charge in [0.1, 0.15) is 24.2 Å². The maximum atomic E-state index is 11.9. The third-order valence-electron chi connectivity index (χ3n) is 5.96. The molecule has 6 rings (SSSR count). The second-order valence-corrected chi connectivity index (χ2v) is 7.78. The van der Waals surface area contributed by atoms with Crippen LogP contribution in [0.25, 0.3) is 5.70 Å². The first kappa shape index (κ1) is 19.2. The van der Waals surface area contributed by atoms with Crippen molar-refractivity contribution in [2.75, 3.05) is 12.4 Å². The highest BCUT2D eigenvalue weighted by molar-refractivity contribution is 5.89.